The van der Waals surface area contributed by atoms with E-state index >= 15 is 0 Å². The van der Waals surface area contributed by atoms with Crippen LogP contribution in [0.3, 0.4) is 0 Å². The standard InChI is InChI=1S/C23H26Cl2N2O3/c1-2-29-20(28)14-19-21(23(19,24)25)15-6-9-18(10-7-15)30-13-11-17-8-5-16-4-3-12-26-22(16)27-17/h5-10,19,21H,2-4,11-14H2,1H3,(H,26,27). The topological polar surface area (TPSA) is 60.5 Å². The lowest BCUT2D eigenvalue weighted by Gasteiger charge is -2.17. The van der Waals surface area contributed by atoms with E-state index in [4.69, 9.17) is 37.7 Å². The summed E-state index contributed by atoms with van der Waals surface area (Å²) in [4.78, 5) is 16.5. The van der Waals surface area contributed by atoms with Crippen molar-refractivity contribution in [3.8, 4) is 5.75 Å². The highest BCUT2D eigenvalue weighted by molar-refractivity contribution is 6.52. The fraction of sp³-hybridized carbons (Fsp3) is 0.478. The number of nitrogens with one attached hydrogen (secondary N) is 1. The van der Waals surface area contributed by atoms with Gasteiger partial charge in [0.05, 0.1) is 19.6 Å². The fourth-order valence-electron chi connectivity index (χ4n) is 4.05. The number of carbonyl (C=O) groups excluding carboxylic acids is 1. The summed E-state index contributed by atoms with van der Waals surface area (Å²) in [6.45, 7) is 3.68. The number of alkyl halides is 2. The van der Waals surface area contributed by atoms with Crippen molar-refractivity contribution in [1.82, 2.24) is 4.98 Å². The molecule has 2 unspecified atom stereocenters. The number of hydrogen-bond donors (Lipinski definition) is 1. The number of esters is 1. The number of aromatic nitrogens is 1. The SMILES string of the molecule is CCOC(=O)CC1C(c2ccc(OCCc3ccc4c(n3)NCCC4)cc2)C1(Cl)Cl. The number of aryl methyl sites for hydroxylation is 1. The van der Waals surface area contributed by atoms with Crippen LogP contribution < -0.4 is 10.1 Å². The lowest BCUT2D eigenvalue weighted by Crippen LogP contribution is -2.14. The average molecular weight is 449 g/mol. The molecule has 2 aliphatic rings. The minimum absolute atomic E-state index is 0.0773. The van der Waals surface area contributed by atoms with E-state index in [-0.39, 0.29) is 24.2 Å². The molecule has 0 spiro atoms. The Morgan fingerprint density at radius 1 is 1.23 bits per heavy atom. The summed E-state index contributed by atoms with van der Waals surface area (Å²) in [5, 5.41) is 3.36. The van der Waals surface area contributed by atoms with E-state index < -0.39 is 4.33 Å². The van der Waals surface area contributed by atoms with Gasteiger partial charge in [-0.1, -0.05) is 18.2 Å². The van der Waals surface area contributed by atoms with Gasteiger partial charge in [0.2, 0.25) is 0 Å². The molecule has 5 nitrogen and oxygen atoms in total. The summed E-state index contributed by atoms with van der Waals surface area (Å²) in [6, 6.07) is 12.0. The van der Waals surface area contributed by atoms with Crippen LogP contribution in [0.2, 0.25) is 0 Å². The van der Waals surface area contributed by atoms with Crippen molar-refractivity contribution in [2.24, 2.45) is 5.92 Å². The van der Waals surface area contributed by atoms with Crippen LogP contribution in [-0.2, 0) is 22.4 Å². The normalized spacial score (nSPS) is 21.3. The second-order valence-electron chi connectivity index (χ2n) is 7.78. The number of carbonyl (C=O) groups is 1. The van der Waals surface area contributed by atoms with Crippen LogP contribution in [0, 0.1) is 5.92 Å². The number of fused-ring (bicyclic) bond motifs is 1. The Bertz CT molecular complexity index is 902. The lowest BCUT2D eigenvalue weighted by atomic mass is 10.1. The molecule has 1 saturated carbocycles. The number of benzene rings is 1. The predicted molar refractivity (Wildman–Crippen MR) is 119 cm³/mol. The summed E-state index contributed by atoms with van der Waals surface area (Å²) >= 11 is 12.8. The van der Waals surface area contributed by atoms with Gasteiger partial charge in [0.25, 0.3) is 0 Å². The van der Waals surface area contributed by atoms with Gasteiger partial charge in [0, 0.05) is 30.5 Å². The number of nitrogens with zero attached hydrogens (tertiary/aromatic N) is 1. The van der Waals surface area contributed by atoms with Crippen LogP contribution in [-0.4, -0.2) is 35.0 Å². The predicted octanol–water partition coefficient (Wildman–Crippen LogP) is 4.90. The Morgan fingerprint density at radius 3 is 2.80 bits per heavy atom. The molecule has 0 amide bonds. The Labute approximate surface area is 187 Å². The Morgan fingerprint density at radius 2 is 2.03 bits per heavy atom. The first-order chi connectivity index (χ1) is 14.5. The monoisotopic (exact) mass is 448 g/mol. The van der Waals surface area contributed by atoms with Gasteiger partial charge in [0.1, 0.15) is 15.9 Å². The Balaban J connectivity index is 1.29. The maximum absolute atomic E-state index is 11.8. The van der Waals surface area contributed by atoms with Crippen LogP contribution in [0.15, 0.2) is 36.4 Å². The van der Waals surface area contributed by atoms with Gasteiger partial charge in [-0.05, 0) is 49.1 Å². The van der Waals surface area contributed by atoms with Crippen molar-refractivity contribution in [2.45, 2.75) is 42.9 Å². The summed E-state index contributed by atoms with van der Waals surface area (Å²) < 4.78 is 9.97. The van der Waals surface area contributed by atoms with E-state index in [2.05, 4.69) is 17.4 Å². The van der Waals surface area contributed by atoms with Gasteiger partial charge in [-0.25, -0.2) is 4.98 Å². The van der Waals surface area contributed by atoms with Crippen molar-refractivity contribution in [3.63, 3.8) is 0 Å². The fourth-order valence-corrected chi connectivity index (χ4v) is 4.89. The molecular weight excluding hydrogens is 423 g/mol. The molecule has 2 heterocycles. The molecule has 1 aromatic heterocycles. The number of pyridine rings is 1. The molecule has 2 atom stereocenters. The van der Waals surface area contributed by atoms with Crippen molar-refractivity contribution >= 4 is 35.0 Å². The van der Waals surface area contributed by atoms with E-state index in [0.717, 1.165) is 48.6 Å². The first-order valence-corrected chi connectivity index (χ1v) is 11.2. The maximum atomic E-state index is 11.8. The third-order valence-electron chi connectivity index (χ3n) is 5.71. The zero-order valence-corrected chi connectivity index (χ0v) is 18.5. The maximum Gasteiger partial charge on any atom is 0.306 e. The number of halogens is 2. The summed E-state index contributed by atoms with van der Waals surface area (Å²) in [7, 11) is 0. The Hall–Kier alpha value is -1.98. The van der Waals surface area contributed by atoms with Crippen LogP contribution >= 0.6 is 23.2 Å². The highest BCUT2D eigenvalue weighted by Gasteiger charge is 2.64. The summed E-state index contributed by atoms with van der Waals surface area (Å²) in [6.07, 6.45) is 3.22. The second-order valence-corrected chi connectivity index (χ2v) is 9.22. The van der Waals surface area contributed by atoms with Crippen molar-refractivity contribution < 1.29 is 14.3 Å². The van der Waals surface area contributed by atoms with Crippen molar-refractivity contribution in [2.75, 3.05) is 25.1 Å². The van der Waals surface area contributed by atoms with Gasteiger partial charge in [-0.2, -0.15) is 0 Å². The van der Waals surface area contributed by atoms with E-state index in [9.17, 15) is 4.79 Å². The molecule has 1 N–H and O–H groups in total. The van der Waals surface area contributed by atoms with Crippen LogP contribution in [0.1, 0.15) is 42.5 Å². The Kier molecular flexibility index (Phi) is 6.40. The highest BCUT2D eigenvalue weighted by atomic mass is 35.5. The smallest absolute Gasteiger partial charge is 0.306 e. The second kappa shape index (κ2) is 9.03. The molecule has 160 valence electrons. The van der Waals surface area contributed by atoms with Gasteiger partial charge >= 0.3 is 5.97 Å². The first-order valence-electron chi connectivity index (χ1n) is 10.5. The van der Waals surface area contributed by atoms with Gasteiger partial charge in [-0.3, -0.25) is 4.79 Å². The van der Waals surface area contributed by atoms with Gasteiger partial charge in [-0.15, -0.1) is 23.2 Å². The number of hydrogen-bond acceptors (Lipinski definition) is 5. The van der Waals surface area contributed by atoms with Gasteiger partial charge < -0.3 is 14.8 Å². The highest BCUT2D eigenvalue weighted by Crippen LogP contribution is 2.66. The minimum atomic E-state index is -0.929. The van der Waals surface area contributed by atoms with E-state index in [1.807, 2.05) is 24.3 Å². The van der Waals surface area contributed by atoms with Crippen LogP contribution in [0.25, 0.3) is 0 Å². The molecule has 1 fully saturated rings. The largest absolute Gasteiger partial charge is 0.493 e. The molecule has 30 heavy (non-hydrogen) atoms. The minimum Gasteiger partial charge on any atom is -0.493 e. The molecule has 1 aromatic carbocycles. The molecule has 7 heteroatoms. The van der Waals surface area contributed by atoms with Gasteiger partial charge in [0.15, 0.2) is 0 Å². The van der Waals surface area contributed by atoms with Crippen molar-refractivity contribution in [3.05, 3.63) is 53.2 Å². The molecule has 0 radical (unpaired) electrons. The third-order valence-corrected chi connectivity index (χ3v) is 6.74. The number of ether oxygens (including phenoxy) is 2. The molecule has 0 saturated heterocycles. The third kappa shape index (κ3) is 4.68. The number of rotatable bonds is 8. The zero-order chi connectivity index (χ0) is 21.1. The summed E-state index contributed by atoms with van der Waals surface area (Å²) in [5.41, 5.74) is 3.32. The van der Waals surface area contributed by atoms with Crippen LogP contribution in [0.4, 0.5) is 5.82 Å². The molecular formula is C23H26Cl2N2O3. The van der Waals surface area contributed by atoms with E-state index in [1.165, 1.54) is 5.56 Å². The average Bonchev–Trinajstić information content (AvgIpc) is 3.28. The van der Waals surface area contributed by atoms with Crippen molar-refractivity contribution in [1.29, 1.82) is 0 Å². The molecule has 1 aliphatic heterocycles. The first kappa shape index (κ1) is 21.3. The van der Waals surface area contributed by atoms with E-state index in [1.54, 1.807) is 6.92 Å². The molecule has 4 rings (SSSR count). The van der Waals surface area contributed by atoms with E-state index in [0.29, 0.717) is 13.2 Å². The zero-order valence-electron chi connectivity index (χ0n) is 17.0. The molecule has 2 aromatic rings. The molecule has 1 aliphatic carbocycles. The molecule has 0 bridgehead atoms. The summed E-state index contributed by atoms with van der Waals surface area (Å²) in [5.74, 6) is 1.33. The van der Waals surface area contributed by atoms with Crippen LogP contribution in [0.5, 0.6) is 5.75 Å². The lowest BCUT2D eigenvalue weighted by molar-refractivity contribution is -0.143. The number of anilines is 1. The quantitative estimate of drug-likeness (QED) is 0.459.